The third-order valence-electron chi connectivity index (χ3n) is 5.59. The highest BCUT2D eigenvalue weighted by Gasteiger charge is 2.48. The number of hydrogen-bond acceptors (Lipinski definition) is 6. The number of hydrogen-bond donors (Lipinski definition) is 1. The molecule has 6 nitrogen and oxygen atoms in total. The second-order valence-electron chi connectivity index (χ2n) is 7.68. The van der Waals surface area contributed by atoms with Crippen LogP contribution < -0.4 is 9.64 Å². The van der Waals surface area contributed by atoms with Gasteiger partial charge in [-0.3, -0.25) is 14.5 Å². The number of Topliss-reactive ketones (excluding diaryl/α,β-unsaturated/α-hetero) is 1. The van der Waals surface area contributed by atoms with Crippen LogP contribution >= 0.6 is 34.5 Å². The maximum atomic E-state index is 13.8. The Bertz CT molecular complexity index is 1550. The summed E-state index contributed by atoms with van der Waals surface area (Å²) < 4.78 is 19.5. The number of ketones is 1. The number of halogens is 3. The number of ether oxygens (including phenoxy) is 1. The molecule has 5 rings (SSSR count). The highest BCUT2D eigenvalue weighted by atomic mass is 35.5. The summed E-state index contributed by atoms with van der Waals surface area (Å²) in [5.74, 6) is -2.15. The predicted octanol–water partition coefficient (Wildman–Crippen LogP) is 6.38. The maximum absolute atomic E-state index is 13.8. The molecule has 3 aromatic carbocycles. The highest BCUT2D eigenvalue weighted by Crippen LogP contribution is 2.45. The zero-order valence-electron chi connectivity index (χ0n) is 18.0. The third-order valence-corrected chi connectivity index (χ3v) is 7.35. The lowest BCUT2D eigenvalue weighted by Crippen LogP contribution is -2.29. The Morgan fingerprint density at radius 1 is 1.09 bits per heavy atom. The van der Waals surface area contributed by atoms with E-state index in [4.69, 9.17) is 27.9 Å². The number of aliphatic hydroxyl groups is 1. The first-order chi connectivity index (χ1) is 16.8. The van der Waals surface area contributed by atoms with Gasteiger partial charge in [0.05, 0.1) is 39.0 Å². The van der Waals surface area contributed by atoms with Crippen molar-refractivity contribution in [3.8, 4) is 5.75 Å². The van der Waals surface area contributed by atoms with Gasteiger partial charge in [-0.05, 0) is 48.0 Å². The summed E-state index contributed by atoms with van der Waals surface area (Å²) >= 11 is 13.4. The van der Waals surface area contributed by atoms with Crippen LogP contribution in [0.2, 0.25) is 10.0 Å². The van der Waals surface area contributed by atoms with Gasteiger partial charge in [0.2, 0.25) is 0 Å². The van der Waals surface area contributed by atoms with Gasteiger partial charge in [0.25, 0.3) is 5.78 Å². The van der Waals surface area contributed by atoms with E-state index in [1.807, 2.05) is 0 Å². The minimum absolute atomic E-state index is 0.146. The van der Waals surface area contributed by atoms with E-state index in [1.165, 1.54) is 36.3 Å². The molecule has 2 heterocycles. The molecule has 0 saturated carbocycles. The first-order valence-corrected chi connectivity index (χ1v) is 11.8. The molecule has 0 bridgehead atoms. The number of nitrogens with zero attached hydrogens (tertiary/aromatic N) is 2. The molecule has 1 unspecified atom stereocenters. The van der Waals surface area contributed by atoms with E-state index in [9.17, 15) is 19.1 Å². The molecule has 0 radical (unpaired) electrons. The van der Waals surface area contributed by atoms with Crippen molar-refractivity contribution in [2.75, 3.05) is 12.0 Å². The van der Waals surface area contributed by atoms with Gasteiger partial charge in [-0.2, -0.15) is 0 Å². The highest BCUT2D eigenvalue weighted by molar-refractivity contribution is 7.22. The van der Waals surface area contributed by atoms with Gasteiger partial charge in [0.1, 0.15) is 17.3 Å². The van der Waals surface area contributed by atoms with Gasteiger partial charge in [0.15, 0.2) is 5.13 Å². The Balaban J connectivity index is 1.75. The van der Waals surface area contributed by atoms with Crippen LogP contribution in [0.15, 0.2) is 66.2 Å². The van der Waals surface area contributed by atoms with E-state index in [0.717, 1.165) is 11.3 Å². The van der Waals surface area contributed by atoms with E-state index in [0.29, 0.717) is 27.1 Å². The summed E-state index contributed by atoms with van der Waals surface area (Å²) in [4.78, 5) is 32.2. The van der Waals surface area contributed by atoms with Crippen LogP contribution in [0.25, 0.3) is 16.0 Å². The number of aromatic nitrogens is 1. The number of methoxy groups -OCH3 is 1. The minimum atomic E-state index is -1.05. The number of carbonyl (C=O) groups is 2. The van der Waals surface area contributed by atoms with Crippen LogP contribution in [0.3, 0.4) is 0 Å². The average Bonchev–Trinajstić information content (AvgIpc) is 3.38. The molecule has 4 aromatic rings. The summed E-state index contributed by atoms with van der Waals surface area (Å²) in [5, 5.41) is 11.9. The van der Waals surface area contributed by atoms with Gasteiger partial charge in [0, 0.05) is 5.56 Å². The van der Waals surface area contributed by atoms with Crippen LogP contribution in [0.4, 0.5) is 9.52 Å². The molecule has 1 aliphatic heterocycles. The SMILES string of the molecule is COc1cccc(C(O)=C2C(=O)C(=O)N(c3nc4ccc(F)cc4s3)C2c2ccc(Cl)c(Cl)c2)c1. The number of thiazole rings is 1. The van der Waals surface area contributed by atoms with Crippen molar-refractivity contribution < 1.29 is 23.8 Å². The standard InChI is InChI=1S/C25H15Cl2FN2O4S/c1-34-15-4-2-3-13(9-15)22(31)20-21(12-5-7-16(26)17(27)10-12)30(24(33)23(20)32)25-29-18-8-6-14(28)11-19(18)35-25/h2-11,21,31H,1H3. The molecule has 0 spiro atoms. The lowest BCUT2D eigenvalue weighted by Gasteiger charge is -2.23. The Hall–Kier alpha value is -3.46. The van der Waals surface area contributed by atoms with Crippen molar-refractivity contribution >= 4 is 67.3 Å². The molecule has 10 heteroatoms. The van der Waals surface area contributed by atoms with E-state index >= 15 is 0 Å². The summed E-state index contributed by atoms with van der Waals surface area (Å²) in [7, 11) is 1.48. The molecular formula is C25H15Cl2FN2O4S. The van der Waals surface area contributed by atoms with E-state index in [1.54, 1.807) is 36.4 Å². The Labute approximate surface area is 212 Å². The van der Waals surface area contributed by atoms with Crippen LogP contribution in [0, 0.1) is 5.82 Å². The number of benzene rings is 3. The lowest BCUT2D eigenvalue weighted by atomic mass is 9.95. The summed E-state index contributed by atoms with van der Waals surface area (Å²) in [6.45, 7) is 0. The molecule has 1 amide bonds. The molecular weight excluding hydrogens is 514 g/mol. The topological polar surface area (TPSA) is 79.7 Å². The van der Waals surface area contributed by atoms with Crippen LogP contribution in [-0.2, 0) is 9.59 Å². The van der Waals surface area contributed by atoms with Crippen LogP contribution in [0.1, 0.15) is 17.2 Å². The Morgan fingerprint density at radius 3 is 2.63 bits per heavy atom. The second kappa shape index (κ2) is 8.96. The predicted molar refractivity (Wildman–Crippen MR) is 134 cm³/mol. The van der Waals surface area contributed by atoms with Crippen molar-refractivity contribution in [1.82, 2.24) is 4.98 Å². The van der Waals surface area contributed by atoms with E-state index < -0.39 is 23.5 Å². The molecule has 1 fully saturated rings. The zero-order valence-corrected chi connectivity index (χ0v) is 20.3. The van der Waals surface area contributed by atoms with Crippen LogP contribution in [-0.4, -0.2) is 28.9 Å². The molecule has 1 aliphatic rings. The Morgan fingerprint density at radius 2 is 1.89 bits per heavy atom. The van der Waals surface area contributed by atoms with Crippen molar-refractivity contribution in [1.29, 1.82) is 0 Å². The van der Waals surface area contributed by atoms with Gasteiger partial charge < -0.3 is 9.84 Å². The number of aliphatic hydroxyl groups excluding tert-OH is 1. The van der Waals surface area contributed by atoms with Crippen LogP contribution in [0.5, 0.6) is 5.75 Å². The largest absolute Gasteiger partial charge is 0.507 e. The smallest absolute Gasteiger partial charge is 0.301 e. The monoisotopic (exact) mass is 528 g/mol. The number of rotatable bonds is 4. The average molecular weight is 529 g/mol. The van der Waals surface area contributed by atoms with E-state index in [-0.39, 0.29) is 26.5 Å². The normalized spacial score (nSPS) is 17.4. The minimum Gasteiger partial charge on any atom is -0.507 e. The summed E-state index contributed by atoms with van der Waals surface area (Å²) in [5.41, 5.74) is 1.05. The van der Waals surface area contributed by atoms with Crippen molar-refractivity contribution in [2.45, 2.75) is 6.04 Å². The molecule has 35 heavy (non-hydrogen) atoms. The summed E-state index contributed by atoms with van der Waals surface area (Å²) in [6.07, 6.45) is 0. The Kier molecular flexibility index (Phi) is 5.96. The quantitative estimate of drug-likeness (QED) is 0.189. The molecule has 1 saturated heterocycles. The number of anilines is 1. The lowest BCUT2D eigenvalue weighted by molar-refractivity contribution is -0.132. The second-order valence-corrected chi connectivity index (χ2v) is 9.51. The van der Waals surface area contributed by atoms with Gasteiger partial charge in [-0.1, -0.05) is 52.7 Å². The third kappa shape index (κ3) is 4.03. The summed E-state index contributed by atoms with van der Waals surface area (Å²) in [6, 6.07) is 14.2. The molecule has 1 atom stereocenters. The van der Waals surface area contributed by atoms with Gasteiger partial charge in [-0.15, -0.1) is 0 Å². The molecule has 1 N–H and O–H groups in total. The molecule has 1 aromatic heterocycles. The maximum Gasteiger partial charge on any atom is 0.301 e. The zero-order chi connectivity index (χ0) is 24.9. The first-order valence-electron chi connectivity index (χ1n) is 10.2. The fourth-order valence-electron chi connectivity index (χ4n) is 3.94. The molecule has 176 valence electrons. The fourth-order valence-corrected chi connectivity index (χ4v) is 5.27. The molecule has 0 aliphatic carbocycles. The number of fused-ring (bicyclic) bond motifs is 1. The first kappa shape index (κ1) is 23.3. The van der Waals surface area contributed by atoms with Crippen molar-refractivity contribution in [2.24, 2.45) is 0 Å². The number of amides is 1. The van der Waals surface area contributed by atoms with Gasteiger partial charge in [-0.25, -0.2) is 9.37 Å². The number of carbonyl (C=O) groups excluding carboxylic acids is 2. The van der Waals surface area contributed by atoms with Crippen molar-refractivity contribution in [3.05, 3.63) is 93.2 Å². The van der Waals surface area contributed by atoms with E-state index in [2.05, 4.69) is 4.98 Å². The van der Waals surface area contributed by atoms with Gasteiger partial charge >= 0.3 is 5.91 Å². The fraction of sp³-hybridized carbons (Fsp3) is 0.0800. The van der Waals surface area contributed by atoms with Crippen molar-refractivity contribution in [3.63, 3.8) is 0 Å².